The van der Waals surface area contributed by atoms with Crippen molar-refractivity contribution in [3.8, 4) is 11.5 Å². The third kappa shape index (κ3) is 7.35. The highest BCUT2D eigenvalue weighted by molar-refractivity contribution is 7.92. The minimum atomic E-state index is -3.54. The van der Waals surface area contributed by atoms with Crippen LogP contribution in [-0.2, 0) is 10.0 Å². The molecule has 5 rings (SSSR count). The van der Waals surface area contributed by atoms with E-state index in [4.69, 9.17) is 21.1 Å². The molecule has 0 amide bonds. The van der Waals surface area contributed by atoms with Crippen molar-refractivity contribution in [1.82, 2.24) is 20.2 Å². The quantitative estimate of drug-likeness (QED) is 0.302. The number of nitrogens with zero attached hydrogens (tertiary/aromatic N) is 5. The molecule has 0 atom stereocenters. The minimum Gasteiger partial charge on any atom is -0.497 e. The van der Waals surface area contributed by atoms with Crippen LogP contribution in [0.3, 0.4) is 0 Å². The molecule has 2 saturated heterocycles. The number of hydrogen-bond acceptors (Lipinski definition) is 11. The molecule has 1 aromatic heterocycles. The summed E-state index contributed by atoms with van der Waals surface area (Å²) in [7, 11) is 1.08. The molecule has 3 N–H and O–H groups in total. The molecule has 12 nitrogen and oxygen atoms in total. The molecule has 0 spiro atoms. The number of piperidine rings is 1. The van der Waals surface area contributed by atoms with E-state index in [0.717, 1.165) is 68.4 Å². The Morgan fingerprint density at radius 3 is 2.40 bits per heavy atom. The van der Waals surface area contributed by atoms with Gasteiger partial charge >= 0.3 is 0 Å². The van der Waals surface area contributed by atoms with Gasteiger partial charge in [-0.2, -0.15) is 4.98 Å². The first-order chi connectivity index (χ1) is 20.7. The Balaban J connectivity index is 1.31. The SMILES string of the molecule is COc1ccc(Nc2nc(Nc3ccc(N4CCC(N5CCNCC5)CC4)cc3OC)ncc2Cl)c(N(C)S(C)(=O)=O)c1. The third-order valence-corrected chi connectivity index (χ3v) is 9.44. The van der Waals surface area contributed by atoms with Crippen molar-refractivity contribution in [3.63, 3.8) is 0 Å². The van der Waals surface area contributed by atoms with E-state index in [-0.39, 0.29) is 5.02 Å². The molecule has 0 saturated carbocycles. The number of aromatic nitrogens is 2. The molecule has 43 heavy (non-hydrogen) atoms. The van der Waals surface area contributed by atoms with E-state index in [1.807, 2.05) is 12.1 Å². The zero-order valence-corrected chi connectivity index (χ0v) is 26.5. The lowest BCUT2D eigenvalue weighted by Crippen LogP contribution is -2.52. The first-order valence-electron chi connectivity index (χ1n) is 14.2. The van der Waals surface area contributed by atoms with Gasteiger partial charge in [-0.15, -0.1) is 0 Å². The molecule has 2 aliphatic heterocycles. The van der Waals surface area contributed by atoms with E-state index < -0.39 is 10.0 Å². The Morgan fingerprint density at radius 1 is 1.00 bits per heavy atom. The molecule has 2 aromatic carbocycles. The number of methoxy groups -OCH3 is 2. The Labute approximate surface area is 258 Å². The zero-order chi connectivity index (χ0) is 30.6. The van der Waals surface area contributed by atoms with Crippen LogP contribution in [0.15, 0.2) is 42.6 Å². The largest absolute Gasteiger partial charge is 0.497 e. The van der Waals surface area contributed by atoms with Crippen molar-refractivity contribution in [2.45, 2.75) is 18.9 Å². The van der Waals surface area contributed by atoms with Gasteiger partial charge in [0.25, 0.3) is 0 Å². The second kappa shape index (κ2) is 13.4. The maximum absolute atomic E-state index is 12.3. The highest BCUT2D eigenvalue weighted by Gasteiger charge is 2.26. The summed E-state index contributed by atoms with van der Waals surface area (Å²) in [5.74, 6) is 1.77. The predicted octanol–water partition coefficient (Wildman–Crippen LogP) is 3.90. The van der Waals surface area contributed by atoms with Gasteiger partial charge in [0.15, 0.2) is 5.82 Å². The Bertz CT molecular complexity index is 1530. The molecule has 0 bridgehead atoms. The number of halogens is 1. The first kappa shape index (κ1) is 30.9. The molecular weight excluding hydrogens is 592 g/mol. The second-order valence-electron chi connectivity index (χ2n) is 10.6. The van der Waals surface area contributed by atoms with Gasteiger partial charge in [-0.25, -0.2) is 13.4 Å². The lowest BCUT2D eigenvalue weighted by atomic mass is 10.0. The number of rotatable bonds is 10. The average molecular weight is 631 g/mol. The van der Waals surface area contributed by atoms with Gasteiger partial charge in [0, 0.05) is 70.2 Å². The molecule has 0 radical (unpaired) electrons. The monoisotopic (exact) mass is 630 g/mol. The summed E-state index contributed by atoms with van der Waals surface area (Å²) < 4.78 is 36.8. The van der Waals surface area contributed by atoms with Gasteiger partial charge in [-0.1, -0.05) is 11.6 Å². The van der Waals surface area contributed by atoms with Gasteiger partial charge in [-0.05, 0) is 37.1 Å². The highest BCUT2D eigenvalue weighted by atomic mass is 35.5. The topological polar surface area (TPSA) is 124 Å². The number of nitrogens with one attached hydrogen (secondary N) is 3. The van der Waals surface area contributed by atoms with Crippen LogP contribution in [0.1, 0.15) is 12.8 Å². The molecule has 232 valence electrons. The fourth-order valence-corrected chi connectivity index (χ4v) is 6.11. The van der Waals surface area contributed by atoms with Crippen LogP contribution in [0.25, 0.3) is 0 Å². The van der Waals surface area contributed by atoms with Crippen molar-refractivity contribution >= 4 is 56.1 Å². The van der Waals surface area contributed by atoms with Gasteiger partial charge < -0.3 is 30.3 Å². The molecule has 3 aromatic rings. The molecule has 0 unspecified atom stereocenters. The smallest absolute Gasteiger partial charge is 0.232 e. The number of anilines is 6. The van der Waals surface area contributed by atoms with Gasteiger partial charge in [-0.3, -0.25) is 9.21 Å². The Hall–Kier alpha value is -3.52. The van der Waals surface area contributed by atoms with Crippen LogP contribution >= 0.6 is 11.6 Å². The standard InChI is InChI=1S/C29H39ClN8O4S/c1-36(43(4,39)40)26-18-22(41-2)6-8-24(26)33-28-23(30)19-32-29(35-28)34-25-7-5-21(17-27(25)42-3)37-13-9-20(10-14-37)38-15-11-31-12-16-38/h5-8,17-20,31H,9-16H2,1-4H3,(H2,32,33,34,35). The fourth-order valence-electron chi connectivity index (χ4n) is 5.46. The summed E-state index contributed by atoms with van der Waals surface area (Å²) in [5.41, 5.74) is 2.67. The number of sulfonamides is 1. The number of benzene rings is 2. The van der Waals surface area contributed by atoms with E-state index in [1.54, 1.807) is 25.3 Å². The molecule has 2 fully saturated rings. The summed E-state index contributed by atoms with van der Waals surface area (Å²) in [5, 5.41) is 10.1. The number of ether oxygens (including phenoxy) is 2. The summed E-state index contributed by atoms with van der Waals surface area (Å²) in [4.78, 5) is 13.9. The Morgan fingerprint density at radius 2 is 1.72 bits per heavy atom. The number of hydrogen-bond donors (Lipinski definition) is 3. The zero-order valence-electron chi connectivity index (χ0n) is 24.9. The van der Waals surface area contributed by atoms with Crippen LogP contribution < -0.4 is 34.6 Å². The summed E-state index contributed by atoms with van der Waals surface area (Å²) >= 11 is 6.45. The van der Waals surface area contributed by atoms with Crippen molar-refractivity contribution in [1.29, 1.82) is 0 Å². The van der Waals surface area contributed by atoms with E-state index in [1.165, 1.54) is 20.4 Å². The lowest BCUT2D eigenvalue weighted by Gasteiger charge is -2.41. The van der Waals surface area contributed by atoms with Crippen molar-refractivity contribution in [2.24, 2.45) is 0 Å². The van der Waals surface area contributed by atoms with Crippen molar-refractivity contribution < 1.29 is 17.9 Å². The van der Waals surface area contributed by atoms with Crippen LogP contribution in [-0.4, -0.2) is 96.1 Å². The maximum atomic E-state index is 12.3. The highest BCUT2D eigenvalue weighted by Crippen LogP contribution is 2.36. The molecule has 3 heterocycles. The van der Waals surface area contributed by atoms with Crippen LogP contribution in [0.2, 0.25) is 5.02 Å². The van der Waals surface area contributed by atoms with Crippen LogP contribution in [0, 0.1) is 0 Å². The number of piperazine rings is 1. The molecular formula is C29H39ClN8O4S. The minimum absolute atomic E-state index is 0.265. The average Bonchev–Trinajstić information content (AvgIpc) is 3.02. The third-order valence-electron chi connectivity index (χ3n) is 7.97. The predicted molar refractivity (Wildman–Crippen MR) is 173 cm³/mol. The van der Waals surface area contributed by atoms with Crippen LogP contribution in [0.4, 0.5) is 34.5 Å². The van der Waals surface area contributed by atoms with Crippen LogP contribution in [0.5, 0.6) is 11.5 Å². The van der Waals surface area contributed by atoms with Gasteiger partial charge in [0.2, 0.25) is 16.0 Å². The van der Waals surface area contributed by atoms with E-state index in [2.05, 4.69) is 41.8 Å². The van der Waals surface area contributed by atoms with Crippen molar-refractivity contribution in [2.75, 3.05) is 86.6 Å². The summed E-state index contributed by atoms with van der Waals surface area (Å²) in [6.45, 7) is 6.40. The lowest BCUT2D eigenvalue weighted by molar-refractivity contribution is 0.150. The first-order valence-corrected chi connectivity index (χ1v) is 16.4. The maximum Gasteiger partial charge on any atom is 0.232 e. The van der Waals surface area contributed by atoms with Gasteiger partial charge in [0.1, 0.15) is 16.5 Å². The normalized spacial score (nSPS) is 16.5. The van der Waals surface area contributed by atoms with E-state index in [9.17, 15) is 8.42 Å². The fraction of sp³-hybridized carbons (Fsp3) is 0.448. The molecule has 14 heteroatoms. The molecule has 0 aliphatic carbocycles. The van der Waals surface area contributed by atoms with E-state index >= 15 is 0 Å². The Kier molecular flexibility index (Phi) is 9.65. The summed E-state index contributed by atoms with van der Waals surface area (Å²) in [6.07, 6.45) is 4.90. The van der Waals surface area contributed by atoms with E-state index in [0.29, 0.717) is 46.4 Å². The second-order valence-corrected chi connectivity index (χ2v) is 13.1. The van der Waals surface area contributed by atoms with Crippen molar-refractivity contribution in [3.05, 3.63) is 47.6 Å². The molecule has 2 aliphatic rings. The van der Waals surface area contributed by atoms with Gasteiger partial charge in [0.05, 0.1) is 43.7 Å². The summed E-state index contributed by atoms with van der Waals surface area (Å²) in [6, 6.07) is 11.8.